The number of hydrogen-bond acceptors (Lipinski definition) is 0. The molecule has 0 aromatic heterocycles. The van der Waals surface area contributed by atoms with Crippen LogP contribution in [-0.2, 0) is 0 Å². The van der Waals surface area contributed by atoms with Crippen molar-refractivity contribution in [2.24, 2.45) is 23.7 Å². The van der Waals surface area contributed by atoms with E-state index in [0.29, 0.717) is 0 Å². The summed E-state index contributed by atoms with van der Waals surface area (Å²) >= 11 is 0. The average molecular weight is 277 g/mol. The Morgan fingerprint density at radius 2 is 0.650 bits per heavy atom. The molecule has 0 N–H and O–H groups in total. The Bertz CT molecular complexity index is 261. The largest absolute Gasteiger partial charge is 0.0533 e. The molecule has 3 aliphatic rings. The van der Waals surface area contributed by atoms with Crippen molar-refractivity contribution in [1.82, 2.24) is 0 Å². The quantitative estimate of drug-likeness (QED) is 0.465. The summed E-state index contributed by atoms with van der Waals surface area (Å²) in [6.45, 7) is 0. The maximum absolute atomic E-state index is 1.59. The molecule has 20 heavy (non-hydrogen) atoms. The van der Waals surface area contributed by atoms with Crippen molar-refractivity contribution < 1.29 is 0 Å². The van der Waals surface area contributed by atoms with Crippen LogP contribution < -0.4 is 0 Å². The predicted molar refractivity (Wildman–Crippen MR) is 87.8 cm³/mol. The van der Waals surface area contributed by atoms with Gasteiger partial charge >= 0.3 is 0 Å². The second-order valence-corrected chi connectivity index (χ2v) is 8.12. The predicted octanol–water partition coefficient (Wildman–Crippen LogP) is 6.73. The van der Waals surface area contributed by atoms with Gasteiger partial charge in [0.1, 0.15) is 0 Å². The first-order valence-electron chi connectivity index (χ1n) is 9.95. The van der Waals surface area contributed by atoms with Gasteiger partial charge in [0.2, 0.25) is 0 Å². The molecule has 0 heterocycles. The van der Waals surface area contributed by atoms with Crippen LogP contribution in [0.3, 0.4) is 0 Å². The van der Waals surface area contributed by atoms with Gasteiger partial charge in [-0.3, -0.25) is 0 Å². The fourth-order valence-corrected chi connectivity index (χ4v) is 5.84. The Morgan fingerprint density at radius 1 is 0.300 bits per heavy atom. The van der Waals surface area contributed by atoms with E-state index in [2.05, 4.69) is 0 Å². The minimum atomic E-state index is 1.12. The molecule has 0 spiro atoms. The summed E-state index contributed by atoms with van der Waals surface area (Å²) in [7, 11) is 0. The normalized spacial score (nSPS) is 38.1. The summed E-state index contributed by atoms with van der Waals surface area (Å²) in [4.78, 5) is 0. The second kappa shape index (κ2) is 7.85. The zero-order valence-electron chi connectivity index (χ0n) is 13.6. The van der Waals surface area contributed by atoms with E-state index < -0.39 is 0 Å². The molecule has 0 nitrogen and oxygen atoms in total. The molecule has 0 heteroatoms. The lowest BCUT2D eigenvalue weighted by Crippen LogP contribution is -2.33. The van der Waals surface area contributed by atoms with Crippen molar-refractivity contribution in [1.29, 1.82) is 0 Å². The van der Waals surface area contributed by atoms with Gasteiger partial charge in [-0.05, 0) is 36.5 Å². The molecule has 0 saturated heterocycles. The van der Waals surface area contributed by atoms with E-state index in [-0.39, 0.29) is 0 Å². The van der Waals surface area contributed by atoms with Gasteiger partial charge in [0.15, 0.2) is 0 Å². The molecule has 0 aromatic rings. The third kappa shape index (κ3) is 3.80. The first-order chi connectivity index (χ1) is 9.95. The van der Waals surface area contributed by atoms with E-state index in [9.17, 15) is 0 Å². The highest BCUT2D eigenvalue weighted by molar-refractivity contribution is 4.87. The minimum Gasteiger partial charge on any atom is -0.0533 e. The Balaban J connectivity index is 1.67. The molecule has 3 saturated carbocycles. The highest BCUT2D eigenvalue weighted by Gasteiger charge is 2.36. The van der Waals surface area contributed by atoms with E-state index >= 15 is 0 Å². The molecular formula is C20H36. The number of hydrogen-bond donors (Lipinski definition) is 0. The van der Waals surface area contributed by atoms with Gasteiger partial charge in [-0.25, -0.2) is 0 Å². The van der Waals surface area contributed by atoms with Gasteiger partial charge in [-0.15, -0.1) is 0 Å². The van der Waals surface area contributed by atoms with Crippen molar-refractivity contribution in [3.8, 4) is 0 Å². The van der Waals surface area contributed by atoms with Crippen molar-refractivity contribution in [3.63, 3.8) is 0 Å². The standard InChI is InChI=1S/C20H36/c1-2-6-13-18-14-10-16-20(19(18)15-9-3-1)17-11-7-4-5-8-12-17/h17-20H,1-16H2. The molecule has 3 aliphatic carbocycles. The van der Waals surface area contributed by atoms with Crippen LogP contribution in [0.25, 0.3) is 0 Å². The Labute approximate surface area is 127 Å². The van der Waals surface area contributed by atoms with Crippen LogP contribution >= 0.6 is 0 Å². The fraction of sp³-hybridized carbons (Fsp3) is 1.00. The molecule has 0 aliphatic heterocycles. The lowest BCUT2D eigenvalue weighted by atomic mass is 9.63. The van der Waals surface area contributed by atoms with E-state index in [1.165, 1.54) is 32.1 Å². The Kier molecular flexibility index (Phi) is 5.86. The summed E-state index contributed by atoms with van der Waals surface area (Å²) in [6.07, 6.45) is 24.8. The van der Waals surface area contributed by atoms with Crippen LogP contribution in [0, 0.1) is 23.7 Å². The smallest absolute Gasteiger partial charge is 0.0355 e. The summed E-state index contributed by atoms with van der Waals surface area (Å²) in [6, 6.07) is 0. The first kappa shape index (κ1) is 14.9. The molecule has 0 radical (unpaired) electrons. The summed E-state index contributed by atoms with van der Waals surface area (Å²) in [5, 5.41) is 0. The molecule has 0 bridgehead atoms. The first-order valence-corrected chi connectivity index (χ1v) is 9.95. The molecule has 3 rings (SSSR count). The Morgan fingerprint density at radius 3 is 1.20 bits per heavy atom. The van der Waals surface area contributed by atoms with Crippen molar-refractivity contribution in [2.75, 3.05) is 0 Å². The van der Waals surface area contributed by atoms with Gasteiger partial charge in [0.05, 0.1) is 0 Å². The van der Waals surface area contributed by atoms with E-state index in [1.807, 2.05) is 0 Å². The maximum Gasteiger partial charge on any atom is -0.0355 e. The fourth-order valence-electron chi connectivity index (χ4n) is 5.84. The molecule has 116 valence electrons. The topological polar surface area (TPSA) is 0 Å². The number of rotatable bonds is 1. The molecule has 3 fully saturated rings. The molecule has 3 unspecified atom stereocenters. The average Bonchev–Trinajstić information content (AvgIpc) is 2.68. The van der Waals surface area contributed by atoms with Gasteiger partial charge < -0.3 is 0 Å². The van der Waals surface area contributed by atoms with Gasteiger partial charge in [-0.1, -0.05) is 89.9 Å². The van der Waals surface area contributed by atoms with Crippen molar-refractivity contribution in [3.05, 3.63) is 0 Å². The van der Waals surface area contributed by atoms with Gasteiger partial charge in [0.25, 0.3) is 0 Å². The molecule has 0 aromatic carbocycles. The third-order valence-electron chi connectivity index (χ3n) is 6.89. The summed E-state index contributed by atoms with van der Waals surface area (Å²) in [5.41, 5.74) is 0. The van der Waals surface area contributed by atoms with E-state index in [4.69, 9.17) is 0 Å². The maximum atomic E-state index is 1.59. The highest BCUT2D eigenvalue weighted by Crippen LogP contribution is 2.47. The van der Waals surface area contributed by atoms with Crippen LogP contribution in [0.4, 0.5) is 0 Å². The lowest BCUT2D eigenvalue weighted by Gasteiger charge is -2.42. The monoisotopic (exact) mass is 276 g/mol. The van der Waals surface area contributed by atoms with Crippen LogP contribution in [0.2, 0.25) is 0 Å². The van der Waals surface area contributed by atoms with Crippen LogP contribution in [0.1, 0.15) is 103 Å². The van der Waals surface area contributed by atoms with Crippen molar-refractivity contribution in [2.45, 2.75) is 103 Å². The van der Waals surface area contributed by atoms with Crippen LogP contribution in [0.5, 0.6) is 0 Å². The molecule has 3 atom stereocenters. The second-order valence-electron chi connectivity index (χ2n) is 8.12. The van der Waals surface area contributed by atoms with Gasteiger partial charge in [-0.2, -0.15) is 0 Å². The van der Waals surface area contributed by atoms with Crippen molar-refractivity contribution >= 4 is 0 Å². The van der Waals surface area contributed by atoms with Crippen LogP contribution in [0.15, 0.2) is 0 Å². The molecule has 0 amide bonds. The highest BCUT2D eigenvalue weighted by atomic mass is 14.4. The number of fused-ring (bicyclic) bond motifs is 1. The molecular weight excluding hydrogens is 240 g/mol. The summed E-state index contributed by atoms with van der Waals surface area (Å²) in [5.74, 6) is 4.50. The Hall–Kier alpha value is 0. The minimum absolute atomic E-state index is 1.12. The summed E-state index contributed by atoms with van der Waals surface area (Å²) < 4.78 is 0. The lowest BCUT2D eigenvalue weighted by molar-refractivity contribution is 0.0781. The van der Waals surface area contributed by atoms with E-state index in [1.54, 1.807) is 70.6 Å². The SMILES string of the molecule is C1CCCC2CCCC(C3CCCCCC3)C2CCC1. The van der Waals surface area contributed by atoms with Gasteiger partial charge in [0, 0.05) is 0 Å². The zero-order valence-corrected chi connectivity index (χ0v) is 13.6. The van der Waals surface area contributed by atoms with Crippen LogP contribution in [-0.4, -0.2) is 0 Å². The third-order valence-corrected chi connectivity index (χ3v) is 6.89. The zero-order chi connectivity index (χ0) is 13.6. The van der Waals surface area contributed by atoms with E-state index in [0.717, 1.165) is 23.7 Å².